The summed E-state index contributed by atoms with van der Waals surface area (Å²) in [6.45, 7) is 1.87. The highest BCUT2D eigenvalue weighted by molar-refractivity contribution is 8.15. The summed E-state index contributed by atoms with van der Waals surface area (Å²) in [6, 6.07) is 13.9. The van der Waals surface area contributed by atoms with E-state index in [9.17, 15) is 14.4 Å². The Labute approximate surface area is 154 Å². The maximum absolute atomic E-state index is 12.5. The molecule has 1 saturated heterocycles. The Morgan fingerprint density at radius 2 is 1.92 bits per heavy atom. The van der Waals surface area contributed by atoms with E-state index in [1.165, 1.54) is 0 Å². The van der Waals surface area contributed by atoms with Gasteiger partial charge in [-0.2, -0.15) is 0 Å². The van der Waals surface area contributed by atoms with Crippen molar-refractivity contribution in [1.82, 2.24) is 0 Å². The summed E-state index contributed by atoms with van der Waals surface area (Å²) in [5.74, 6) is -0.716. The standard InChI is InChI=1S/C18H15ClN2O3S/c1-11-7-8-12(9-14(11)19)20-16(22)10-15-17(23)21(18(24)25-15)13-5-3-2-4-6-13/h2-9,15H,10H2,1H3,(H,20,22)/t15-/m1/s1. The van der Waals surface area contributed by atoms with E-state index in [1.807, 2.05) is 6.92 Å². The van der Waals surface area contributed by atoms with Crippen LogP contribution in [-0.4, -0.2) is 22.3 Å². The van der Waals surface area contributed by atoms with Crippen LogP contribution in [0.2, 0.25) is 5.02 Å². The van der Waals surface area contributed by atoms with Gasteiger partial charge in [0.1, 0.15) is 5.25 Å². The second kappa shape index (κ2) is 7.29. The third-order valence-corrected chi connectivity index (χ3v) is 5.21. The Morgan fingerprint density at radius 3 is 2.60 bits per heavy atom. The van der Waals surface area contributed by atoms with Gasteiger partial charge in [0.05, 0.1) is 5.69 Å². The van der Waals surface area contributed by atoms with Crippen molar-refractivity contribution < 1.29 is 14.4 Å². The van der Waals surface area contributed by atoms with E-state index >= 15 is 0 Å². The van der Waals surface area contributed by atoms with Crippen LogP contribution in [0.25, 0.3) is 0 Å². The van der Waals surface area contributed by atoms with Crippen LogP contribution in [0.5, 0.6) is 0 Å². The van der Waals surface area contributed by atoms with Gasteiger partial charge in [0, 0.05) is 17.1 Å². The van der Waals surface area contributed by atoms with E-state index in [2.05, 4.69) is 5.32 Å². The number of rotatable bonds is 4. The van der Waals surface area contributed by atoms with Crippen molar-refractivity contribution in [2.45, 2.75) is 18.6 Å². The highest BCUT2D eigenvalue weighted by atomic mass is 35.5. The lowest BCUT2D eigenvalue weighted by atomic mass is 10.2. The molecule has 3 amide bonds. The average molecular weight is 375 g/mol. The maximum atomic E-state index is 12.5. The molecule has 128 valence electrons. The normalized spacial score (nSPS) is 17.0. The Bertz CT molecular complexity index is 841. The molecule has 0 spiro atoms. The summed E-state index contributed by atoms with van der Waals surface area (Å²) < 4.78 is 0. The van der Waals surface area contributed by atoms with Crippen LogP contribution in [0.4, 0.5) is 16.2 Å². The fourth-order valence-electron chi connectivity index (χ4n) is 2.45. The molecule has 2 aromatic carbocycles. The number of anilines is 2. The van der Waals surface area contributed by atoms with Crippen molar-refractivity contribution in [2.75, 3.05) is 10.2 Å². The van der Waals surface area contributed by atoms with Gasteiger partial charge in [-0.25, -0.2) is 4.90 Å². The number of para-hydroxylation sites is 1. The predicted octanol–water partition coefficient (Wildman–Crippen LogP) is 4.25. The summed E-state index contributed by atoms with van der Waals surface area (Å²) in [4.78, 5) is 37.9. The maximum Gasteiger partial charge on any atom is 0.293 e. The minimum Gasteiger partial charge on any atom is -0.326 e. The molecule has 0 radical (unpaired) electrons. The van der Waals surface area contributed by atoms with Crippen molar-refractivity contribution in [1.29, 1.82) is 0 Å². The Balaban J connectivity index is 1.67. The first-order chi connectivity index (χ1) is 12.0. The minimum atomic E-state index is -0.728. The lowest BCUT2D eigenvalue weighted by molar-refractivity contribution is -0.121. The Morgan fingerprint density at radius 1 is 1.20 bits per heavy atom. The number of carbonyl (C=O) groups is 3. The molecule has 1 heterocycles. The fraction of sp³-hybridized carbons (Fsp3) is 0.167. The van der Waals surface area contributed by atoms with E-state index in [1.54, 1.807) is 48.5 Å². The molecule has 2 aromatic rings. The van der Waals surface area contributed by atoms with Crippen LogP contribution in [0.1, 0.15) is 12.0 Å². The number of hydrogen-bond acceptors (Lipinski definition) is 4. The number of carbonyl (C=O) groups excluding carboxylic acids is 3. The van der Waals surface area contributed by atoms with Crippen LogP contribution in [0, 0.1) is 6.92 Å². The number of nitrogens with one attached hydrogen (secondary N) is 1. The molecule has 25 heavy (non-hydrogen) atoms. The second-order valence-corrected chi connectivity index (χ2v) is 7.16. The number of amides is 3. The van der Waals surface area contributed by atoms with E-state index in [4.69, 9.17) is 11.6 Å². The zero-order valence-electron chi connectivity index (χ0n) is 13.4. The predicted molar refractivity (Wildman–Crippen MR) is 100 cm³/mol. The van der Waals surface area contributed by atoms with E-state index in [-0.39, 0.29) is 23.5 Å². The first-order valence-corrected chi connectivity index (χ1v) is 8.87. The average Bonchev–Trinajstić information content (AvgIpc) is 2.85. The zero-order chi connectivity index (χ0) is 18.0. The van der Waals surface area contributed by atoms with Crippen molar-refractivity contribution in [3.8, 4) is 0 Å². The van der Waals surface area contributed by atoms with Gasteiger partial charge in [0.25, 0.3) is 5.24 Å². The molecular weight excluding hydrogens is 360 g/mol. The summed E-state index contributed by atoms with van der Waals surface area (Å²) in [6.07, 6.45) is -0.0793. The molecule has 0 bridgehead atoms. The molecule has 0 saturated carbocycles. The Kier molecular flexibility index (Phi) is 5.11. The summed E-state index contributed by atoms with van der Waals surface area (Å²) >= 11 is 6.91. The summed E-state index contributed by atoms with van der Waals surface area (Å²) in [5.41, 5.74) is 1.98. The van der Waals surface area contributed by atoms with Gasteiger partial charge in [-0.15, -0.1) is 0 Å². The number of imide groups is 1. The molecule has 1 fully saturated rings. The van der Waals surface area contributed by atoms with Crippen molar-refractivity contribution >= 4 is 51.8 Å². The SMILES string of the molecule is Cc1ccc(NC(=O)C[C@H]2SC(=O)N(c3ccccc3)C2=O)cc1Cl. The van der Waals surface area contributed by atoms with Crippen molar-refractivity contribution in [3.05, 3.63) is 59.1 Å². The molecular formula is C18H15ClN2O3S. The molecule has 1 N–H and O–H groups in total. The molecule has 0 unspecified atom stereocenters. The minimum absolute atomic E-state index is 0.0793. The molecule has 1 aliphatic rings. The van der Waals surface area contributed by atoms with Gasteiger partial charge in [-0.05, 0) is 48.5 Å². The molecule has 1 atom stereocenters. The van der Waals surface area contributed by atoms with Crippen LogP contribution in [0.3, 0.4) is 0 Å². The zero-order valence-corrected chi connectivity index (χ0v) is 14.9. The molecule has 1 aliphatic heterocycles. The molecule has 0 aliphatic carbocycles. The number of thioether (sulfide) groups is 1. The number of nitrogens with zero attached hydrogens (tertiary/aromatic N) is 1. The lowest BCUT2D eigenvalue weighted by Crippen LogP contribution is -2.32. The topological polar surface area (TPSA) is 66.5 Å². The first-order valence-electron chi connectivity index (χ1n) is 7.61. The Hall–Kier alpha value is -2.31. The van der Waals surface area contributed by atoms with Crippen LogP contribution >= 0.6 is 23.4 Å². The van der Waals surface area contributed by atoms with Gasteiger partial charge >= 0.3 is 0 Å². The summed E-state index contributed by atoms with van der Waals surface area (Å²) in [7, 11) is 0. The van der Waals surface area contributed by atoms with Gasteiger partial charge in [0.15, 0.2) is 0 Å². The quantitative estimate of drug-likeness (QED) is 0.868. The highest BCUT2D eigenvalue weighted by Gasteiger charge is 2.41. The number of benzene rings is 2. The molecule has 0 aromatic heterocycles. The van der Waals surface area contributed by atoms with Crippen LogP contribution in [-0.2, 0) is 9.59 Å². The highest BCUT2D eigenvalue weighted by Crippen LogP contribution is 2.33. The van der Waals surface area contributed by atoms with Gasteiger partial charge in [-0.1, -0.05) is 35.9 Å². The third kappa shape index (κ3) is 3.86. The van der Waals surface area contributed by atoms with Crippen molar-refractivity contribution in [2.24, 2.45) is 0 Å². The lowest BCUT2D eigenvalue weighted by Gasteiger charge is -2.13. The van der Waals surface area contributed by atoms with E-state index in [0.29, 0.717) is 16.4 Å². The number of aryl methyl sites for hydroxylation is 1. The smallest absolute Gasteiger partial charge is 0.293 e. The second-order valence-electron chi connectivity index (χ2n) is 5.60. The van der Waals surface area contributed by atoms with E-state index in [0.717, 1.165) is 22.2 Å². The third-order valence-electron chi connectivity index (χ3n) is 3.76. The monoisotopic (exact) mass is 374 g/mol. The van der Waals surface area contributed by atoms with Crippen LogP contribution in [0.15, 0.2) is 48.5 Å². The van der Waals surface area contributed by atoms with Gasteiger partial charge in [0.2, 0.25) is 11.8 Å². The molecule has 3 rings (SSSR count). The fourth-order valence-corrected chi connectivity index (χ4v) is 3.61. The first kappa shape index (κ1) is 17.5. The van der Waals surface area contributed by atoms with Crippen molar-refractivity contribution in [3.63, 3.8) is 0 Å². The molecule has 7 heteroatoms. The van der Waals surface area contributed by atoms with Gasteiger partial charge in [-0.3, -0.25) is 14.4 Å². The number of halogens is 1. The van der Waals surface area contributed by atoms with Gasteiger partial charge < -0.3 is 5.32 Å². The van der Waals surface area contributed by atoms with Crippen LogP contribution < -0.4 is 10.2 Å². The largest absolute Gasteiger partial charge is 0.326 e. The number of hydrogen-bond donors (Lipinski definition) is 1. The summed E-state index contributed by atoms with van der Waals surface area (Å²) in [5, 5.41) is 2.16. The van der Waals surface area contributed by atoms with E-state index < -0.39 is 5.25 Å². The molecule has 5 nitrogen and oxygen atoms in total.